The molecule has 1 heterocycles. The average Bonchev–Trinajstić information content (AvgIpc) is 2.61. The van der Waals surface area contributed by atoms with E-state index < -0.39 is 0 Å². The van der Waals surface area contributed by atoms with Crippen molar-refractivity contribution >= 4 is 11.0 Å². The molecule has 3 rings (SSSR count). The predicted octanol–water partition coefficient (Wildman–Crippen LogP) is 3.00. The molecule has 26 heavy (non-hydrogen) atoms. The molecule has 136 valence electrons. The summed E-state index contributed by atoms with van der Waals surface area (Å²) in [5.41, 5.74) is 0.703. The highest BCUT2D eigenvalue weighted by Crippen LogP contribution is 2.33. The van der Waals surface area contributed by atoms with Crippen molar-refractivity contribution in [2.75, 3.05) is 21.0 Å². The van der Waals surface area contributed by atoms with Gasteiger partial charge < -0.3 is 28.8 Å². The highest BCUT2D eigenvalue weighted by atomic mass is 16.7. The number of benzene rings is 2. The van der Waals surface area contributed by atoms with E-state index in [-0.39, 0.29) is 47.0 Å². The van der Waals surface area contributed by atoms with Crippen molar-refractivity contribution in [3.8, 4) is 28.4 Å². The Labute approximate surface area is 149 Å². The second-order valence-corrected chi connectivity index (χ2v) is 5.58. The minimum Gasteiger partial charge on any atom is -0.508 e. The van der Waals surface area contributed by atoms with Crippen molar-refractivity contribution in [2.45, 2.75) is 6.61 Å². The Bertz CT molecular complexity index is 974. The minimum atomic E-state index is -0.338. The van der Waals surface area contributed by atoms with Crippen LogP contribution in [-0.4, -0.2) is 31.2 Å². The molecule has 7 heteroatoms. The maximum Gasteiger partial charge on any atom is 0.204 e. The third-order valence-electron chi connectivity index (χ3n) is 3.78. The molecule has 0 saturated heterocycles. The molecular formula is C19H18O7. The van der Waals surface area contributed by atoms with E-state index in [1.807, 2.05) is 0 Å². The Balaban J connectivity index is 2.33. The van der Waals surface area contributed by atoms with Gasteiger partial charge in [-0.05, 0) is 17.7 Å². The molecule has 7 nitrogen and oxygen atoms in total. The number of phenols is 2. The summed E-state index contributed by atoms with van der Waals surface area (Å²) in [4.78, 5) is 13.2. The first-order chi connectivity index (χ1) is 12.5. The van der Waals surface area contributed by atoms with Gasteiger partial charge >= 0.3 is 0 Å². The molecule has 0 aliphatic heterocycles. The normalized spacial score (nSPS) is 11.0. The fraction of sp³-hybridized carbons (Fsp3) is 0.211. The van der Waals surface area contributed by atoms with Gasteiger partial charge in [-0.15, -0.1) is 0 Å². The quantitative estimate of drug-likeness (QED) is 0.654. The van der Waals surface area contributed by atoms with Gasteiger partial charge in [-0.2, -0.15) is 0 Å². The van der Waals surface area contributed by atoms with Gasteiger partial charge in [-0.3, -0.25) is 4.79 Å². The van der Waals surface area contributed by atoms with E-state index in [4.69, 9.17) is 18.6 Å². The summed E-state index contributed by atoms with van der Waals surface area (Å²) in [5.74, 6) is 0.437. The lowest BCUT2D eigenvalue weighted by Crippen LogP contribution is -2.12. The van der Waals surface area contributed by atoms with Crippen LogP contribution in [0.5, 0.6) is 17.2 Å². The lowest BCUT2D eigenvalue weighted by Gasteiger charge is -2.13. The van der Waals surface area contributed by atoms with Crippen molar-refractivity contribution in [1.29, 1.82) is 0 Å². The first-order valence-electron chi connectivity index (χ1n) is 7.78. The molecule has 0 aliphatic rings. The zero-order valence-electron chi connectivity index (χ0n) is 14.3. The first-order valence-corrected chi connectivity index (χ1v) is 7.78. The maximum atomic E-state index is 13.2. The molecule has 3 aromatic rings. The molecule has 0 aliphatic carbocycles. The van der Waals surface area contributed by atoms with Gasteiger partial charge in [0, 0.05) is 26.4 Å². The number of methoxy groups -OCH3 is 2. The summed E-state index contributed by atoms with van der Waals surface area (Å²) >= 11 is 0. The van der Waals surface area contributed by atoms with Crippen LogP contribution in [-0.2, 0) is 16.1 Å². The van der Waals surface area contributed by atoms with Crippen molar-refractivity contribution in [2.24, 2.45) is 0 Å². The van der Waals surface area contributed by atoms with Gasteiger partial charge in [0.05, 0.1) is 5.56 Å². The number of ether oxygens (including phenoxy) is 3. The van der Waals surface area contributed by atoms with Crippen LogP contribution < -0.4 is 10.2 Å². The first kappa shape index (κ1) is 17.8. The number of aromatic hydroxyl groups is 2. The van der Waals surface area contributed by atoms with Crippen molar-refractivity contribution in [3.05, 3.63) is 52.4 Å². The van der Waals surface area contributed by atoms with E-state index >= 15 is 0 Å². The van der Waals surface area contributed by atoms with E-state index in [0.29, 0.717) is 16.9 Å². The monoisotopic (exact) mass is 358 g/mol. The van der Waals surface area contributed by atoms with E-state index in [1.165, 1.54) is 38.5 Å². The van der Waals surface area contributed by atoms with Crippen molar-refractivity contribution in [1.82, 2.24) is 0 Å². The second-order valence-electron chi connectivity index (χ2n) is 5.58. The maximum absolute atomic E-state index is 13.2. The fourth-order valence-electron chi connectivity index (χ4n) is 2.70. The number of rotatable bonds is 6. The molecule has 0 atom stereocenters. The number of fused-ring (bicyclic) bond motifs is 1. The van der Waals surface area contributed by atoms with Crippen LogP contribution in [0.2, 0.25) is 0 Å². The smallest absolute Gasteiger partial charge is 0.204 e. The van der Waals surface area contributed by atoms with E-state index in [1.54, 1.807) is 12.1 Å². The summed E-state index contributed by atoms with van der Waals surface area (Å²) < 4.78 is 21.3. The van der Waals surface area contributed by atoms with Crippen LogP contribution in [0.3, 0.4) is 0 Å². The summed E-state index contributed by atoms with van der Waals surface area (Å²) in [6, 6.07) is 8.86. The predicted molar refractivity (Wildman–Crippen MR) is 94.5 cm³/mol. The van der Waals surface area contributed by atoms with E-state index in [9.17, 15) is 15.0 Å². The third-order valence-corrected chi connectivity index (χ3v) is 3.78. The zero-order valence-corrected chi connectivity index (χ0v) is 14.3. The van der Waals surface area contributed by atoms with Crippen LogP contribution in [0.25, 0.3) is 22.1 Å². The average molecular weight is 358 g/mol. The van der Waals surface area contributed by atoms with E-state index in [2.05, 4.69) is 0 Å². The molecule has 1 aromatic heterocycles. The molecule has 0 spiro atoms. The number of hydrogen-bond donors (Lipinski definition) is 2. The summed E-state index contributed by atoms with van der Waals surface area (Å²) in [7, 11) is 2.94. The molecule has 0 bridgehead atoms. The van der Waals surface area contributed by atoms with Gasteiger partial charge in [0.15, 0.2) is 6.79 Å². The molecule has 2 N–H and O–H groups in total. The number of phenolic OH excluding ortho intramolecular Hbond substituents is 2. The Hall–Kier alpha value is -3.03. The van der Waals surface area contributed by atoms with Gasteiger partial charge in [0.1, 0.15) is 40.6 Å². The van der Waals surface area contributed by atoms with Gasteiger partial charge in [0.2, 0.25) is 5.43 Å². The topological polar surface area (TPSA) is 98.4 Å². The summed E-state index contributed by atoms with van der Waals surface area (Å²) in [6.45, 7) is -0.0301. The zero-order chi connectivity index (χ0) is 18.7. The van der Waals surface area contributed by atoms with Crippen LogP contribution in [0.4, 0.5) is 0 Å². The molecule has 0 amide bonds. The minimum absolute atomic E-state index is 0.0608. The Morgan fingerprint density at radius 3 is 2.38 bits per heavy atom. The van der Waals surface area contributed by atoms with Gasteiger partial charge in [-0.1, -0.05) is 12.1 Å². The molecule has 0 fully saturated rings. The van der Waals surface area contributed by atoms with Crippen LogP contribution in [0.15, 0.2) is 45.6 Å². The fourth-order valence-corrected chi connectivity index (χ4v) is 2.70. The second kappa shape index (κ2) is 7.47. The Morgan fingerprint density at radius 1 is 1.00 bits per heavy atom. The molecule has 2 aromatic carbocycles. The highest BCUT2D eigenvalue weighted by Gasteiger charge is 2.20. The lowest BCUT2D eigenvalue weighted by molar-refractivity contribution is 0.0520. The van der Waals surface area contributed by atoms with Crippen LogP contribution in [0, 0.1) is 0 Å². The Morgan fingerprint density at radius 2 is 1.73 bits per heavy atom. The lowest BCUT2D eigenvalue weighted by atomic mass is 10.0. The van der Waals surface area contributed by atoms with Gasteiger partial charge in [0.25, 0.3) is 0 Å². The summed E-state index contributed by atoms with van der Waals surface area (Å²) in [6.07, 6.45) is 0. The largest absolute Gasteiger partial charge is 0.508 e. The molecule has 0 unspecified atom stereocenters. The SMILES string of the molecule is COCOc1cc(O)cc2oc(COC)c(-c3ccc(O)cc3)c(=O)c12. The molecule has 0 radical (unpaired) electrons. The number of hydrogen-bond acceptors (Lipinski definition) is 7. The van der Waals surface area contributed by atoms with E-state index in [0.717, 1.165) is 0 Å². The van der Waals surface area contributed by atoms with Gasteiger partial charge in [-0.25, -0.2) is 0 Å². The summed E-state index contributed by atoms with van der Waals surface area (Å²) in [5, 5.41) is 19.6. The molecule has 0 saturated carbocycles. The van der Waals surface area contributed by atoms with Crippen molar-refractivity contribution in [3.63, 3.8) is 0 Å². The van der Waals surface area contributed by atoms with Crippen LogP contribution >= 0.6 is 0 Å². The van der Waals surface area contributed by atoms with Crippen molar-refractivity contribution < 1.29 is 28.8 Å². The Kier molecular flexibility index (Phi) is 5.11. The standard InChI is InChI=1S/C19H18O7/c1-23-9-16-17(11-3-5-12(20)6-4-11)19(22)18-14(25-10-24-2)7-13(21)8-15(18)26-16/h3-8,20-21H,9-10H2,1-2H3. The molecular weight excluding hydrogens is 340 g/mol. The highest BCUT2D eigenvalue weighted by molar-refractivity contribution is 5.89. The van der Waals surface area contributed by atoms with Crippen LogP contribution in [0.1, 0.15) is 5.76 Å². The third kappa shape index (κ3) is 3.35.